The topological polar surface area (TPSA) is 80.3 Å². The Kier molecular flexibility index (Phi) is 6.11. The Hall–Kier alpha value is -2.89. The third-order valence-corrected chi connectivity index (χ3v) is 3.16. The van der Waals surface area contributed by atoms with Crippen LogP contribution in [0.3, 0.4) is 0 Å². The van der Waals surface area contributed by atoms with Gasteiger partial charge < -0.3 is 15.4 Å². The van der Waals surface area contributed by atoms with E-state index in [1.807, 2.05) is 36.4 Å². The normalized spacial score (nSPS) is 9.96. The zero-order valence-corrected chi connectivity index (χ0v) is 12.9. The predicted octanol–water partition coefficient (Wildman–Crippen LogP) is 1.41. The van der Waals surface area contributed by atoms with Gasteiger partial charge in [-0.1, -0.05) is 18.2 Å². The van der Waals surface area contributed by atoms with E-state index in [1.165, 1.54) is 0 Å². The molecule has 0 radical (unpaired) electrons. The highest BCUT2D eigenvalue weighted by Gasteiger charge is 2.09. The molecule has 2 rings (SSSR count). The van der Waals surface area contributed by atoms with Crippen molar-refractivity contribution in [1.29, 1.82) is 0 Å². The molecule has 2 amide bonds. The van der Waals surface area contributed by atoms with E-state index in [-0.39, 0.29) is 18.2 Å². The molecule has 120 valence electrons. The summed E-state index contributed by atoms with van der Waals surface area (Å²) in [5.74, 6) is 0.108. The van der Waals surface area contributed by atoms with Crippen LogP contribution < -0.4 is 15.4 Å². The average molecular weight is 313 g/mol. The van der Waals surface area contributed by atoms with Crippen molar-refractivity contribution in [3.8, 4) is 5.75 Å². The first-order valence-corrected chi connectivity index (χ1v) is 7.23. The van der Waals surface area contributed by atoms with E-state index < -0.39 is 0 Å². The molecule has 0 spiro atoms. The summed E-state index contributed by atoms with van der Waals surface area (Å²) in [6.07, 6.45) is 1.45. The first-order valence-electron chi connectivity index (χ1n) is 7.23. The Labute approximate surface area is 134 Å². The van der Waals surface area contributed by atoms with Gasteiger partial charge in [0.2, 0.25) is 11.8 Å². The maximum absolute atomic E-state index is 11.7. The molecule has 0 aliphatic heterocycles. The molecule has 1 aromatic heterocycles. The minimum atomic E-state index is -0.331. The maximum Gasteiger partial charge on any atom is 0.229 e. The summed E-state index contributed by atoms with van der Waals surface area (Å²) in [5.41, 5.74) is 1.69. The van der Waals surface area contributed by atoms with Crippen molar-refractivity contribution in [2.75, 3.05) is 7.11 Å². The third-order valence-electron chi connectivity index (χ3n) is 3.16. The van der Waals surface area contributed by atoms with E-state index in [2.05, 4.69) is 15.6 Å². The number of nitrogens with one attached hydrogen (secondary N) is 2. The Morgan fingerprint density at radius 2 is 1.70 bits per heavy atom. The van der Waals surface area contributed by atoms with E-state index in [0.29, 0.717) is 13.1 Å². The van der Waals surface area contributed by atoms with Crippen LogP contribution in [0.15, 0.2) is 48.7 Å². The molecule has 2 N–H and O–H groups in total. The van der Waals surface area contributed by atoms with Gasteiger partial charge >= 0.3 is 0 Å². The molecule has 0 aliphatic rings. The fourth-order valence-electron chi connectivity index (χ4n) is 1.91. The van der Waals surface area contributed by atoms with Gasteiger partial charge in [-0.25, -0.2) is 0 Å². The predicted molar refractivity (Wildman–Crippen MR) is 85.5 cm³/mol. The highest BCUT2D eigenvalue weighted by molar-refractivity contribution is 5.96. The summed E-state index contributed by atoms with van der Waals surface area (Å²) in [4.78, 5) is 27.5. The smallest absolute Gasteiger partial charge is 0.229 e. The monoisotopic (exact) mass is 313 g/mol. The van der Waals surface area contributed by atoms with Crippen LogP contribution in [0.1, 0.15) is 17.7 Å². The molecule has 2 aromatic rings. The quantitative estimate of drug-likeness (QED) is 0.758. The number of nitrogens with zero attached hydrogens (tertiary/aromatic N) is 1. The minimum Gasteiger partial charge on any atom is -0.497 e. The average Bonchev–Trinajstić information content (AvgIpc) is 2.59. The first kappa shape index (κ1) is 16.5. The highest BCUT2D eigenvalue weighted by Crippen LogP contribution is 2.10. The second-order valence-corrected chi connectivity index (χ2v) is 4.90. The first-order chi connectivity index (χ1) is 11.2. The van der Waals surface area contributed by atoms with E-state index >= 15 is 0 Å². The van der Waals surface area contributed by atoms with Crippen LogP contribution in [0.2, 0.25) is 0 Å². The fraction of sp³-hybridized carbons (Fsp3) is 0.235. The number of amides is 2. The van der Waals surface area contributed by atoms with Crippen molar-refractivity contribution in [2.45, 2.75) is 19.5 Å². The number of hydrogen-bond acceptors (Lipinski definition) is 4. The van der Waals surface area contributed by atoms with Crippen molar-refractivity contribution in [3.05, 3.63) is 59.9 Å². The summed E-state index contributed by atoms with van der Waals surface area (Å²) < 4.78 is 5.07. The summed E-state index contributed by atoms with van der Waals surface area (Å²) in [6, 6.07) is 12.8. The van der Waals surface area contributed by atoms with Crippen LogP contribution in [0.5, 0.6) is 5.75 Å². The lowest BCUT2D eigenvalue weighted by atomic mass is 10.2. The Morgan fingerprint density at radius 1 is 1.00 bits per heavy atom. The van der Waals surface area contributed by atoms with Gasteiger partial charge in [-0.15, -0.1) is 0 Å². The molecule has 0 fully saturated rings. The summed E-state index contributed by atoms with van der Waals surface area (Å²) in [5, 5.41) is 5.37. The van der Waals surface area contributed by atoms with Gasteiger partial charge in [0.15, 0.2) is 0 Å². The molecule has 6 heteroatoms. The van der Waals surface area contributed by atoms with Crippen LogP contribution in [0.4, 0.5) is 0 Å². The van der Waals surface area contributed by atoms with Gasteiger partial charge in [0.25, 0.3) is 0 Å². The SMILES string of the molecule is COc1ccc(CNC(=O)CC(=O)NCc2ccccn2)cc1. The van der Waals surface area contributed by atoms with Crippen molar-refractivity contribution in [3.63, 3.8) is 0 Å². The summed E-state index contributed by atoms with van der Waals surface area (Å²) in [7, 11) is 1.60. The fourth-order valence-corrected chi connectivity index (χ4v) is 1.91. The molecule has 1 heterocycles. The van der Waals surface area contributed by atoms with Gasteiger partial charge in [0.05, 0.1) is 19.3 Å². The molecular formula is C17H19N3O3. The van der Waals surface area contributed by atoms with Crippen molar-refractivity contribution >= 4 is 11.8 Å². The number of ether oxygens (including phenoxy) is 1. The number of pyridine rings is 1. The summed E-state index contributed by atoms with van der Waals surface area (Å²) >= 11 is 0. The molecule has 23 heavy (non-hydrogen) atoms. The molecule has 0 aliphatic carbocycles. The number of benzene rings is 1. The van der Waals surface area contributed by atoms with Crippen molar-refractivity contribution in [1.82, 2.24) is 15.6 Å². The Morgan fingerprint density at radius 3 is 2.30 bits per heavy atom. The number of hydrogen-bond donors (Lipinski definition) is 2. The van der Waals surface area contributed by atoms with E-state index in [0.717, 1.165) is 17.0 Å². The zero-order chi connectivity index (χ0) is 16.5. The van der Waals surface area contributed by atoms with Gasteiger partial charge in [0, 0.05) is 12.7 Å². The number of carbonyl (C=O) groups excluding carboxylic acids is 2. The minimum absolute atomic E-state index is 0.205. The van der Waals surface area contributed by atoms with Crippen molar-refractivity contribution in [2.24, 2.45) is 0 Å². The second-order valence-electron chi connectivity index (χ2n) is 4.90. The van der Waals surface area contributed by atoms with Gasteiger partial charge in [-0.05, 0) is 29.8 Å². The van der Waals surface area contributed by atoms with E-state index in [4.69, 9.17) is 4.74 Å². The standard InChI is InChI=1S/C17H19N3O3/c1-23-15-7-5-13(6-8-15)11-19-16(21)10-17(22)20-12-14-4-2-3-9-18-14/h2-9H,10-12H2,1H3,(H,19,21)(H,20,22). The number of rotatable bonds is 7. The molecule has 0 bridgehead atoms. The van der Waals surface area contributed by atoms with E-state index in [1.54, 1.807) is 19.4 Å². The van der Waals surface area contributed by atoms with Crippen LogP contribution in [-0.4, -0.2) is 23.9 Å². The van der Waals surface area contributed by atoms with Crippen LogP contribution in [0.25, 0.3) is 0 Å². The molecule has 0 atom stereocenters. The van der Waals surface area contributed by atoms with Crippen molar-refractivity contribution < 1.29 is 14.3 Å². The van der Waals surface area contributed by atoms with Crippen LogP contribution >= 0.6 is 0 Å². The molecule has 0 saturated heterocycles. The lowest BCUT2D eigenvalue weighted by Gasteiger charge is -2.07. The Bertz CT molecular complexity index is 642. The number of aromatic nitrogens is 1. The lowest BCUT2D eigenvalue weighted by molar-refractivity contribution is -0.129. The van der Waals surface area contributed by atoms with Gasteiger partial charge in [0.1, 0.15) is 12.2 Å². The molecule has 0 saturated carbocycles. The van der Waals surface area contributed by atoms with E-state index in [9.17, 15) is 9.59 Å². The third kappa shape index (κ3) is 5.78. The maximum atomic E-state index is 11.7. The summed E-state index contributed by atoms with van der Waals surface area (Å²) in [6.45, 7) is 0.682. The van der Waals surface area contributed by atoms with Crippen LogP contribution in [0, 0.1) is 0 Å². The van der Waals surface area contributed by atoms with Gasteiger partial charge in [-0.2, -0.15) is 0 Å². The number of methoxy groups -OCH3 is 1. The van der Waals surface area contributed by atoms with Gasteiger partial charge in [-0.3, -0.25) is 14.6 Å². The largest absolute Gasteiger partial charge is 0.497 e. The number of carbonyl (C=O) groups is 2. The second kappa shape index (κ2) is 8.53. The molecular weight excluding hydrogens is 294 g/mol. The molecule has 6 nitrogen and oxygen atoms in total. The van der Waals surface area contributed by atoms with Crippen LogP contribution in [-0.2, 0) is 22.7 Å². The molecule has 0 unspecified atom stereocenters. The zero-order valence-electron chi connectivity index (χ0n) is 12.9. The lowest BCUT2D eigenvalue weighted by Crippen LogP contribution is -2.31. The highest BCUT2D eigenvalue weighted by atomic mass is 16.5. The molecule has 1 aromatic carbocycles. The Balaban J connectivity index is 1.70.